The number of amides is 2. The van der Waals surface area contributed by atoms with Gasteiger partial charge in [-0.2, -0.15) is 0 Å². The summed E-state index contributed by atoms with van der Waals surface area (Å²) in [7, 11) is 0. The van der Waals surface area contributed by atoms with Gasteiger partial charge in [0.25, 0.3) is 5.91 Å². The average molecular weight is 370 g/mol. The van der Waals surface area contributed by atoms with E-state index >= 15 is 0 Å². The van der Waals surface area contributed by atoms with Gasteiger partial charge in [-0.15, -0.1) is 0 Å². The van der Waals surface area contributed by atoms with Crippen molar-refractivity contribution >= 4 is 29.4 Å². The number of hydrogen-bond acceptors (Lipinski definition) is 6. The Morgan fingerprint density at radius 1 is 1.24 bits per heavy atom. The number of likely N-dealkylation sites (tertiary alicyclic amines) is 1. The largest absolute Gasteiger partial charge is 0.465 e. The molecule has 1 aromatic rings. The van der Waals surface area contributed by atoms with Crippen LogP contribution in [-0.4, -0.2) is 82.3 Å². The van der Waals surface area contributed by atoms with Gasteiger partial charge in [0, 0.05) is 38.3 Å². The maximum Gasteiger partial charge on any atom is 0.407 e. The molecule has 3 heterocycles. The van der Waals surface area contributed by atoms with Crippen LogP contribution in [0.15, 0.2) is 6.07 Å². The number of nitrogens with zero attached hydrogens (tertiary/aromatic N) is 4. The van der Waals surface area contributed by atoms with E-state index in [1.165, 1.54) is 4.90 Å². The molecule has 3 rings (SSSR count). The molecule has 1 atom stereocenters. The standard InChI is InChI=1S/C15H20ClN5O4/c16-14-18-11(13(22)20-4-6-25-7-5-20)8-12(19-14)17-10-2-1-3-21(9-10)15(23)24/h8,10H,1-7,9H2,(H,23,24)(H,17,18,19)/t10-/m0/s1. The van der Waals surface area contributed by atoms with Crippen molar-refractivity contribution in [3.05, 3.63) is 17.0 Å². The number of carboxylic acid groups (broad SMARTS) is 1. The van der Waals surface area contributed by atoms with E-state index in [1.54, 1.807) is 11.0 Å². The highest BCUT2D eigenvalue weighted by Crippen LogP contribution is 2.18. The summed E-state index contributed by atoms with van der Waals surface area (Å²) in [5, 5.41) is 12.3. The summed E-state index contributed by atoms with van der Waals surface area (Å²) in [6.07, 6.45) is 0.649. The average Bonchev–Trinajstić information content (AvgIpc) is 2.61. The normalized spacial score (nSPS) is 21.1. The molecular weight excluding hydrogens is 350 g/mol. The Labute approximate surface area is 149 Å². The Kier molecular flexibility index (Phi) is 5.54. The molecule has 2 saturated heterocycles. The molecule has 2 amide bonds. The van der Waals surface area contributed by atoms with E-state index in [9.17, 15) is 9.59 Å². The first-order valence-electron chi connectivity index (χ1n) is 8.19. The summed E-state index contributed by atoms with van der Waals surface area (Å²) in [5.74, 6) is 0.209. The number of aromatic nitrogens is 2. The molecule has 2 N–H and O–H groups in total. The molecule has 0 bridgehead atoms. The molecule has 136 valence electrons. The van der Waals surface area contributed by atoms with E-state index in [4.69, 9.17) is 21.4 Å². The van der Waals surface area contributed by atoms with Gasteiger partial charge in [0.05, 0.1) is 13.2 Å². The molecule has 0 aromatic carbocycles. The fourth-order valence-corrected chi connectivity index (χ4v) is 3.19. The second-order valence-corrected chi connectivity index (χ2v) is 6.36. The predicted molar refractivity (Wildman–Crippen MR) is 90.0 cm³/mol. The minimum absolute atomic E-state index is 0.0208. The summed E-state index contributed by atoms with van der Waals surface area (Å²) < 4.78 is 5.25. The quantitative estimate of drug-likeness (QED) is 0.769. The molecular formula is C15H20ClN5O4. The first kappa shape index (κ1) is 17.7. The minimum atomic E-state index is -0.935. The first-order valence-corrected chi connectivity index (χ1v) is 8.57. The SMILES string of the molecule is O=C(O)N1CCC[C@H](Nc2cc(C(=O)N3CCOCC3)nc(Cl)n2)C1. The molecule has 2 aliphatic rings. The van der Waals surface area contributed by atoms with Gasteiger partial charge in [0.2, 0.25) is 5.28 Å². The van der Waals surface area contributed by atoms with Crippen molar-refractivity contribution in [1.29, 1.82) is 0 Å². The van der Waals surface area contributed by atoms with E-state index < -0.39 is 6.09 Å². The van der Waals surface area contributed by atoms with Crippen molar-refractivity contribution in [2.45, 2.75) is 18.9 Å². The van der Waals surface area contributed by atoms with Gasteiger partial charge >= 0.3 is 6.09 Å². The Morgan fingerprint density at radius 3 is 2.72 bits per heavy atom. The van der Waals surface area contributed by atoms with Crippen molar-refractivity contribution in [3.8, 4) is 0 Å². The maximum atomic E-state index is 12.5. The topological polar surface area (TPSA) is 108 Å². The van der Waals surface area contributed by atoms with E-state index in [2.05, 4.69) is 15.3 Å². The molecule has 10 heteroatoms. The number of ether oxygens (including phenoxy) is 1. The number of nitrogens with one attached hydrogen (secondary N) is 1. The van der Waals surface area contributed by atoms with Crippen LogP contribution in [0.25, 0.3) is 0 Å². The van der Waals surface area contributed by atoms with Crippen LogP contribution in [0.4, 0.5) is 10.6 Å². The van der Waals surface area contributed by atoms with Crippen molar-refractivity contribution in [3.63, 3.8) is 0 Å². The zero-order valence-corrected chi connectivity index (χ0v) is 14.4. The third kappa shape index (κ3) is 4.49. The molecule has 0 spiro atoms. The lowest BCUT2D eigenvalue weighted by Crippen LogP contribution is -2.44. The minimum Gasteiger partial charge on any atom is -0.465 e. The smallest absolute Gasteiger partial charge is 0.407 e. The van der Waals surface area contributed by atoms with Crippen LogP contribution < -0.4 is 5.32 Å². The van der Waals surface area contributed by atoms with Gasteiger partial charge in [0.15, 0.2) is 0 Å². The monoisotopic (exact) mass is 369 g/mol. The Bertz CT molecular complexity index is 653. The van der Waals surface area contributed by atoms with Gasteiger partial charge in [-0.3, -0.25) is 4.79 Å². The van der Waals surface area contributed by atoms with E-state index in [1.807, 2.05) is 0 Å². The number of halogens is 1. The van der Waals surface area contributed by atoms with Crippen LogP contribution in [0.5, 0.6) is 0 Å². The highest BCUT2D eigenvalue weighted by Gasteiger charge is 2.25. The molecule has 1 aromatic heterocycles. The summed E-state index contributed by atoms with van der Waals surface area (Å²) in [6, 6.07) is 1.48. The Morgan fingerprint density at radius 2 is 2.00 bits per heavy atom. The second-order valence-electron chi connectivity index (χ2n) is 6.02. The third-order valence-corrected chi connectivity index (χ3v) is 4.43. The van der Waals surface area contributed by atoms with E-state index in [0.29, 0.717) is 45.2 Å². The molecule has 0 radical (unpaired) electrons. The number of hydrogen-bond donors (Lipinski definition) is 2. The van der Waals surface area contributed by atoms with Crippen molar-refractivity contribution in [2.24, 2.45) is 0 Å². The number of rotatable bonds is 3. The van der Waals surface area contributed by atoms with Gasteiger partial charge in [-0.05, 0) is 24.4 Å². The molecule has 0 saturated carbocycles. The van der Waals surface area contributed by atoms with Crippen LogP contribution >= 0.6 is 11.6 Å². The first-order chi connectivity index (χ1) is 12.0. The molecule has 2 aliphatic heterocycles. The summed E-state index contributed by atoms with van der Waals surface area (Å²) in [5.41, 5.74) is 0.218. The van der Waals surface area contributed by atoms with Crippen molar-refractivity contribution < 1.29 is 19.4 Å². The fraction of sp³-hybridized carbons (Fsp3) is 0.600. The molecule has 0 unspecified atom stereocenters. The molecule has 2 fully saturated rings. The summed E-state index contributed by atoms with van der Waals surface area (Å²) >= 11 is 5.97. The molecule has 25 heavy (non-hydrogen) atoms. The van der Waals surface area contributed by atoms with Crippen LogP contribution in [-0.2, 0) is 4.74 Å². The Balaban J connectivity index is 1.70. The summed E-state index contributed by atoms with van der Waals surface area (Å²) in [4.78, 5) is 34.8. The van der Waals surface area contributed by atoms with Crippen LogP contribution in [0.1, 0.15) is 23.3 Å². The third-order valence-electron chi connectivity index (χ3n) is 4.26. The van der Waals surface area contributed by atoms with Gasteiger partial charge in [0.1, 0.15) is 11.5 Å². The maximum absolute atomic E-state index is 12.5. The van der Waals surface area contributed by atoms with Gasteiger partial charge < -0.3 is 25.0 Å². The zero-order chi connectivity index (χ0) is 17.8. The highest BCUT2D eigenvalue weighted by atomic mass is 35.5. The number of anilines is 1. The van der Waals surface area contributed by atoms with Gasteiger partial charge in [-0.25, -0.2) is 14.8 Å². The van der Waals surface area contributed by atoms with Gasteiger partial charge in [-0.1, -0.05) is 0 Å². The predicted octanol–water partition coefficient (Wildman–Crippen LogP) is 1.16. The van der Waals surface area contributed by atoms with Crippen molar-refractivity contribution in [1.82, 2.24) is 19.8 Å². The lowest BCUT2D eigenvalue weighted by molar-refractivity contribution is 0.0299. The fourth-order valence-electron chi connectivity index (χ4n) is 3.01. The number of morpholine rings is 1. The highest BCUT2D eigenvalue weighted by molar-refractivity contribution is 6.28. The molecule has 9 nitrogen and oxygen atoms in total. The number of piperidine rings is 1. The second kappa shape index (κ2) is 7.83. The van der Waals surface area contributed by atoms with E-state index in [0.717, 1.165) is 12.8 Å². The summed E-state index contributed by atoms with van der Waals surface area (Å²) in [6.45, 7) is 2.92. The van der Waals surface area contributed by atoms with Crippen LogP contribution in [0, 0.1) is 0 Å². The number of carbonyl (C=O) groups excluding carboxylic acids is 1. The van der Waals surface area contributed by atoms with Crippen LogP contribution in [0.2, 0.25) is 5.28 Å². The van der Waals surface area contributed by atoms with Crippen molar-refractivity contribution in [2.75, 3.05) is 44.7 Å². The van der Waals surface area contributed by atoms with E-state index in [-0.39, 0.29) is 22.9 Å². The molecule has 0 aliphatic carbocycles. The lowest BCUT2D eigenvalue weighted by Gasteiger charge is -2.31. The van der Waals surface area contributed by atoms with Crippen LogP contribution in [0.3, 0.4) is 0 Å². The zero-order valence-electron chi connectivity index (χ0n) is 13.7. The number of carbonyl (C=O) groups is 2. The lowest BCUT2D eigenvalue weighted by atomic mass is 10.1. The Hall–Kier alpha value is -2.13.